The lowest BCUT2D eigenvalue weighted by molar-refractivity contribution is -0.306. The van der Waals surface area contributed by atoms with Crippen molar-refractivity contribution in [3.8, 4) is 0 Å². The third-order valence-electron chi connectivity index (χ3n) is 0.482. The van der Waals surface area contributed by atoms with Gasteiger partial charge in [-0.3, -0.25) is 0 Å². The summed E-state index contributed by atoms with van der Waals surface area (Å²) in [4.78, 5) is 9.63. The van der Waals surface area contributed by atoms with Crippen molar-refractivity contribution in [1.82, 2.24) is 0 Å². The highest BCUT2D eigenvalue weighted by atomic mass is 32.1. The topological polar surface area (TPSA) is 66.2 Å². The highest BCUT2D eigenvalue weighted by molar-refractivity contribution is 7.58. The van der Waals surface area contributed by atoms with Crippen molar-refractivity contribution in [2.75, 3.05) is 5.75 Å². The zero-order valence-corrected chi connectivity index (χ0v) is 4.40. The molecule has 0 heterocycles. The lowest BCUT2D eigenvalue weighted by atomic mass is 10.4. The summed E-state index contributed by atoms with van der Waals surface area (Å²) in [5, 5.41) is 9.63. The van der Waals surface area contributed by atoms with E-state index in [-0.39, 0.29) is 5.75 Å². The fourth-order valence-electron chi connectivity index (χ4n) is 0.0680. The first-order chi connectivity index (χ1) is 3.18. The molecule has 0 saturated carbocycles. The van der Waals surface area contributed by atoms with Gasteiger partial charge in [-0.05, 0) is 0 Å². The molecule has 1 unspecified atom stereocenters. The van der Waals surface area contributed by atoms with Gasteiger partial charge in [0, 0.05) is 6.04 Å². The molecule has 7 heavy (non-hydrogen) atoms. The van der Waals surface area contributed by atoms with Crippen LogP contribution in [-0.4, -0.2) is 17.8 Å². The lowest BCUT2D eigenvalue weighted by Crippen LogP contribution is -2.43. The van der Waals surface area contributed by atoms with E-state index in [1.807, 2.05) is 0 Å². The van der Waals surface area contributed by atoms with Crippen LogP contribution in [0.25, 0.3) is 0 Å². The predicted molar refractivity (Wildman–Crippen MR) is 25.2 cm³/mol. The molecule has 0 bridgehead atoms. The molecule has 0 amide bonds. The molecular formula is C3H5NO2S-2. The van der Waals surface area contributed by atoms with Crippen molar-refractivity contribution in [2.45, 2.75) is 6.04 Å². The highest BCUT2D eigenvalue weighted by Gasteiger charge is 1.89. The van der Waals surface area contributed by atoms with Gasteiger partial charge in [0.1, 0.15) is 0 Å². The molecule has 2 N–H and O–H groups in total. The lowest BCUT2D eigenvalue weighted by Gasteiger charge is -2.14. The second-order valence-corrected chi connectivity index (χ2v) is 1.43. The number of hydrogen-bond acceptors (Lipinski definition) is 4. The van der Waals surface area contributed by atoms with Gasteiger partial charge in [-0.2, -0.15) is 5.75 Å². The molecule has 0 aromatic heterocycles. The van der Waals surface area contributed by atoms with Crippen LogP contribution in [0.4, 0.5) is 0 Å². The Bertz CT molecular complexity index is 75.3. The molecule has 4 heteroatoms. The Morgan fingerprint density at radius 2 is 2.43 bits per heavy atom. The molecule has 3 nitrogen and oxygen atoms in total. The summed E-state index contributed by atoms with van der Waals surface area (Å²) in [6.07, 6.45) is 0. The summed E-state index contributed by atoms with van der Waals surface area (Å²) in [6.45, 7) is 0. The first-order valence-corrected chi connectivity index (χ1v) is 2.30. The molecule has 0 fully saturated rings. The van der Waals surface area contributed by atoms with Gasteiger partial charge in [-0.1, -0.05) is 0 Å². The summed E-state index contributed by atoms with van der Waals surface area (Å²) in [5.74, 6) is -1.27. The van der Waals surface area contributed by atoms with E-state index in [1.54, 1.807) is 0 Å². The van der Waals surface area contributed by atoms with Crippen LogP contribution >= 0.6 is 0 Å². The van der Waals surface area contributed by atoms with E-state index in [1.165, 1.54) is 0 Å². The van der Waals surface area contributed by atoms with Gasteiger partial charge in [0.05, 0.1) is 5.97 Å². The summed E-state index contributed by atoms with van der Waals surface area (Å²) >= 11 is 4.31. The maximum Gasteiger partial charge on any atom is 0.0562 e. The number of aliphatic carboxylic acids is 1. The van der Waals surface area contributed by atoms with Gasteiger partial charge in [0.15, 0.2) is 0 Å². The van der Waals surface area contributed by atoms with E-state index < -0.39 is 12.0 Å². The van der Waals surface area contributed by atoms with Crippen LogP contribution in [0.5, 0.6) is 0 Å². The van der Waals surface area contributed by atoms with Crippen molar-refractivity contribution in [2.24, 2.45) is 5.73 Å². The SMILES string of the molecule is NC(C[S-])C(=O)[O-]. The minimum absolute atomic E-state index is 0.0162. The van der Waals surface area contributed by atoms with E-state index in [0.29, 0.717) is 0 Å². The van der Waals surface area contributed by atoms with Gasteiger partial charge in [0.2, 0.25) is 0 Å². The zero-order chi connectivity index (χ0) is 5.86. The van der Waals surface area contributed by atoms with Crippen LogP contribution in [0.1, 0.15) is 0 Å². The predicted octanol–water partition coefficient (Wildman–Crippen LogP) is -2.39. The summed E-state index contributed by atoms with van der Waals surface area (Å²) < 4.78 is 0. The van der Waals surface area contributed by atoms with Crippen LogP contribution in [-0.2, 0) is 17.4 Å². The Labute approximate surface area is 46.9 Å². The minimum Gasteiger partial charge on any atom is -0.791 e. The highest BCUT2D eigenvalue weighted by Crippen LogP contribution is 1.68. The number of carbonyl (C=O) groups excluding carboxylic acids is 1. The zero-order valence-electron chi connectivity index (χ0n) is 3.59. The third-order valence-corrected chi connectivity index (χ3v) is 0.841. The van der Waals surface area contributed by atoms with Crippen LogP contribution in [0, 0.1) is 0 Å². The number of rotatable bonds is 2. The molecule has 0 aromatic rings. The maximum absolute atomic E-state index is 9.63. The number of carboxylic acids is 1. The summed E-state index contributed by atoms with van der Waals surface area (Å²) in [6, 6.07) is -0.977. The first kappa shape index (κ1) is 6.78. The largest absolute Gasteiger partial charge is 0.791 e. The number of carbonyl (C=O) groups is 1. The van der Waals surface area contributed by atoms with Gasteiger partial charge in [-0.15, -0.1) is 0 Å². The molecule has 0 rings (SSSR count). The van der Waals surface area contributed by atoms with E-state index in [2.05, 4.69) is 12.6 Å². The Hall–Kier alpha value is -0.220. The average molecular weight is 119 g/mol. The van der Waals surface area contributed by atoms with Crippen molar-refractivity contribution in [3.05, 3.63) is 0 Å². The standard InChI is InChI=1S/C3H7NO2S/c4-2(1-7)3(5)6/h2,7H,1,4H2,(H,5,6)/p-2. The number of nitrogens with two attached hydrogens (primary N) is 1. The van der Waals surface area contributed by atoms with Crippen LogP contribution < -0.4 is 10.8 Å². The molecule has 0 aliphatic carbocycles. The molecule has 0 aromatic carbocycles. The van der Waals surface area contributed by atoms with Crippen LogP contribution in [0.3, 0.4) is 0 Å². The van der Waals surface area contributed by atoms with Gasteiger partial charge >= 0.3 is 0 Å². The summed E-state index contributed by atoms with van der Waals surface area (Å²) in [5.41, 5.74) is 4.85. The van der Waals surface area contributed by atoms with Crippen molar-refractivity contribution in [1.29, 1.82) is 0 Å². The second kappa shape index (κ2) is 2.87. The Kier molecular flexibility index (Phi) is 2.78. The minimum atomic E-state index is -1.28. The van der Waals surface area contributed by atoms with Gasteiger partial charge in [-0.25, -0.2) is 0 Å². The van der Waals surface area contributed by atoms with Gasteiger partial charge in [0.25, 0.3) is 0 Å². The molecule has 0 spiro atoms. The molecule has 0 aliphatic heterocycles. The molecule has 0 aliphatic rings. The Morgan fingerprint density at radius 1 is 2.00 bits per heavy atom. The van der Waals surface area contributed by atoms with E-state index in [0.717, 1.165) is 0 Å². The second-order valence-electron chi connectivity index (χ2n) is 1.09. The first-order valence-electron chi connectivity index (χ1n) is 1.73. The summed E-state index contributed by atoms with van der Waals surface area (Å²) in [7, 11) is 0. The Balaban J connectivity index is 3.34. The molecule has 42 valence electrons. The van der Waals surface area contributed by atoms with Crippen LogP contribution in [0.15, 0.2) is 0 Å². The van der Waals surface area contributed by atoms with E-state index in [4.69, 9.17) is 5.73 Å². The van der Waals surface area contributed by atoms with Gasteiger partial charge < -0.3 is 28.3 Å². The normalized spacial score (nSPS) is 13.4. The van der Waals surface area contributed by atoms with Crippen molar-refractivity contribution >= 4 is 18.6 Å². The average Bonchev–Trinajstić information content (AvgIpc) is 1.65. The fourth-order valence-corrected chi connectivity index (χ4v) is 0.204. The smallest absolute Gasteiger partial charge is 0.0562 e. The maximum atomic E-state index is 9.63. The van der Waals surface area contributed by atoms with E-state index in [9.17, 15) is 9.90 Å². The monoisotopic (exact) mass is 119 g/mol. The Morgan fingerprint density at radius 3 is 2.43 bits per heavy atom. The van der Waals surface area contributed by atoms with Crippen molar-refractivity contribution in [3.63, 3.8) is 0 Å². The molecule has 0 saturated heterocycles. The number of hydrogen-bond donors (Lipinski definition) is 1. The quantitative estimate of drug-likeness (QED) is 0.412. The molecule has 0 radical (unpaired) electrons. The van der Waals surface area contributed by atoms with Crippen molar-refractivity contribution < 1.29 is 9.90 Å². The molecular weight excluding hydrogens is 114 g/mol. The third kappa shape index (κ3) is 2.47. The number of carboxylic acid groups (broad SMARTS) is 1. The fraction of sp³-hybridized carbons (Fsp3) is 0.667. The van der Waals surface area contributed by atoms with Crippen LogP contribution in [0.2, 0.25) is 0 Å². The molecule has 1 atom stereocenters. The van der Waals surface area contributed by atoms with E-state index >= 15 is 0 Å².